The lowest BCUT2D eigenvalue weighted by Gasteiger charge is -2.42. The molecule has 6 rings (SSSR count). The molecule has 3 N–H and O–H groups in total. The molecule has 1 spiro atoms. The van der Waals surface area contributed by atoms with Crippen molar-refractivity contribution < 1.29 is 19.8 Å². The van der Waals surface area contributed by atoms with E-state index in [1.165, 1.54) is 0 Å². The molecule has 0 saturated carbocycles. The van der Waals surface area contributed by atoms with Crippen LogP contribution in [0.2, 0.25) is 5.02 Å². The number of carbonyl (C=O) groups is 2. The lowest BCUT2D eigenvalue weighted by atomic mass is 9.63. The number of anilines is 1. The Labute approximate surface area is 256 Å². The Morgan fingerprint density at radius 1 is 0.907 bits per heavy atom. The molecule has 1 saturated heterocycles. The molecule has 220 valence electrons. The van der Waals surface area contributed by atoms with E-state index in [1.54, 1.807) is 12.1 Å². The smallest absolute Gasteiger partial charge is 0.321 e. The Hall–Kier alpha value is -3.97. The molecule has 6 unspecified atom stereocenters. The molecule has 43 heavy (non-hydrogen) atoms. The van der Waals surface area contributed by atoms with Crippen LogP contribution >= 0.6 is 11.6 Å². The summed E-state index contributed by atoms with van der Waals surface area (Å²) in [4.78, 5) is 30.2. The van der Waals surface area contributed by atoms with E-state index in [1.807, 2.05) is 102 Å². The second-order valence-corrected chi connectivity index (χ2v) is 12.4. The van der Waals surface area contributed by atoms with Crippen molar-refractivity contribution in [2.75, 3.05) is 5.32 Å². The molecule has 0 aromatic heterocycles. The van der Waals surface area contributed by atoms with Crippen LogP contribution < -0.4 is 5.32 Å². The Morgan fingerprint density at radius 3 is 2.07 bits per heavy atom. The number of nitrogens with zero attached hydrogens (tertiary/aromatic N) is 1. The number of likely N-dealkylation sites (tertiary alicyclic amines) is 1. The zero-order chi connectivity index (χ0) is 30.3. The van der Waals surface area contributed by atoms with E-state index in [9.17, 15) is 19.8 Å². The van der Waals surface area contributed by atoms with Crippen molar-refractivity contribution in [3.63, 3.8) is 0 Å². The highest BCUT2D eigenvalue weighted by molar-refractivity contribution is 6.31. The van der Waals surface area contributed by atoms with Gasteiger partial charge >= 0.3 is 5.97 Å². The van der Waals surface area contributed by atoms with Crippen LogP contribution in [0.4, 0.5) is 5.69 Å². The van der Waals surface area contributed by atoms with E-state index < -0.39 is 41.5 Å². The van der Waals surface area contributed by atoms with Crippen LogP contribution in [0.3, 0.4) is 0 Å². The van der Waals surface area contributed by atoms with Gasteiger partial charge in [-0.2, -0.15) is 0 Å². The summed E-state index contributed by atoms with van der Waals surface area (Å²) in [5, 5.41) is 26.9. The molecule has 1 fully saturated rings. The van der Waals surface area contributed by atoms with Crippen LogP contribution in [-0.2, 0) is 15.0 Å². The Bertz CT molecular complexity index is 1610. The molecular formula is C36H35ClN2O4. The van der Waals surface area contributed by atoms with Gasteiger partial charge in [0.2, 0.25) is 5.91 Å². The van der Waals surface area contributed by atoms with Crippen LogP contribution in [-0.4, -0.2) is 39.1 Å². The van der Waals surface area contributed by atoms with Crippen molar-refractivity contribution in [2.24, 2.45) is 5.92 Å². The number of hydrogen-bond acceptors (Lipinski definition) is 4. The van der Waals surface area contributed by atoms with Crippen LogP contribution in [0.15, 0.2) is 109 Å². The standard InChI is InChI=1S/C36H35ClN2O4/c1-22(2)20-29-36(27-19-18-26(37)21-28(27)38-35(36)43)30(23-12-6-3-7-13-23)32(34(41)42)39(29)31(24-14-8-4-9-15-24)33(40)25-16-10-5-11-17-25/h3-19,21-22,29-33,40H,20H2,1-2H3,(H,38,43)(H,41,42). The Balaban J connectivity index is 1.69. The minimum absolute atomic E-state index is 0.114. The number of halogens is 1. The van der Waals surface area contributed by atoms with Gasteiger partial charge in [0.25, 0.3) is 0 Å². The number of carboxylic acid groups (broad SMARTS) is 1. The first kappa shape index (κ1) is 29.1. The summed E-state index contributed by atoms with van der Waals surface area (Å²) in [5.74, 6) is -1.94. The van der Waals surface area contributed by atoms with Gasteiger partial charge in [-0.3, -0.25) is 14.5 Å². The predicted octanol–water partition coefficient (Wildman–Crippen LogP) is 6.97. The quantitative estimate of drug-likeness (QED) is 0.205. The lowest BCUT2D eigenvalue weighted by Crippen LogP contribution is -2.51. The molecular weight excluding hydrogens is 560 g/mol. The fourth-order valence-electron chi connectivity index (χ4n) is 7.52. The molecule has 6 atom stereocenters. The summed E-state index contributed by atoms with van der Waals surface area (Å²) in [7, 11) is 0. The maximum atomic E-state index is 14.6. The van der Waals surface area contributed by atoms with Crippen LogP contribution in [0.1, 0.15) is 60.6 Å². The van der Waals surface area contributed by atoms with Gasteiger partial charge in [0, 0.05) is 22.7 Å². The monoisotopic (exact) mass is 594 g/mol. The van der Waals surface area contributed by atoms with Crippen molar-refractivity contribution in [3.05, 3.63) is 136 Å². The molecule has 1 amide bonds. The highest BCUT2D eigenvalue weighted by Gasteiger charge is 2.70. The number of hydrogen-bond donors (Lipinski definition) is 3. The first-order chi connectivity index (χ1) is 20.7. The normalized spacial score (nSPS) is 24.6. The fourth-order valence-corrected chi connectivity index (χ4v) is 7.69. The van der Waals surface area contributed by atoms with Crippen molar-refractivity contribution in [1.82, 2.24) is 4.90 Å². The Kier molecular flexibility index (Phi) is 7.86. The molecule has 4 aromatic rings. The van der Waals surface area contributed by atoms with E-state index in [-0.39, 0.29) is 11.8 Å². The molecule has 2 heterocycles. The molecule has 0 bridgehead atoms. The lowest BCUT2D eigenvalue weighted by molar-refractivity contribution is -0.145. The first-order valence-corrected chi connectivity index (χ1v) is 15.1. The number of nitrogens with one attached hydrogen (secondary N) is 1. The maximum absolute atomic E-state index is 14.6. The second kappa shape index (κ2) is 11.6. The third kappa shape index (κ3) is 4.84. The van der Waals surface area contributed by atoms with Gasteiger partial charge < -0.3 is 15.5 Å². The summed E-state index contributed by atoms with van der Waals surface area (Å²) in [6.07, 6.45) is -0.547. The molecule has 2 aliphatic rings. The number of rotatable bonds is 8. The summed E-state index contributed by atoms with van der Waals surface area (Å²) < 4.78 is 0. The summed E-state index contributed by atoms with van der Waals surface area (Å²) in [6, 6.07) is 31.2. The number of amides is 1. The number of aliphatic carboxylic acids is 1. The molecule has 6 nitrogen and oxygen atoms in total. The topological polar surface area (TPSA) is 89.9 Å². The van der Waals surface area contributed by atoms with Crippen molar-refractivity contribution >= 4 is 29.2 Å². The number of carboxylic acids is 1. The van der Waals surface area contributed by atoms with Crippen LogP contribution in [0.5, 0.6) is 0 Å². The molecule has 4 aromatic carbocycles. The molecule has 0 radical (unpaired) electrons. The van der Waals surface area contributed by atoms with Crippen molar-refractivity contribution in [3.8, 4) is 0 Å². The summed E-state index contributed by atoms with van der Waals surface area (Å²) in [5.41, 5.74) is 2.26. The summed E-state index contributed by atoms with van der Waals surface area (Å²) in [6.45, 7) is 4.16. The van der Waals surface area contributed by atoms with E-state index in [0.717, 1.165) is 16.7 Å². The van der Waals surface area contributed by atoms with Crippen molar-refractivity contribution in [1.29, 1.82) is 0 Å². The van der Waals surface area contributed by atoms with Crippen molar-refractivity contribution in [2.45, 2.75) is 55.8 Å². The van der Waals surface area contributed by atoms with Gasteiger partial charge in [-0.15, -0.1) is 0 Å². The van der Waals surface area contributed by atoms with Gasteiger partial charge in [-0.25, -0.2) is 0 Å². The fraction of sp³-hybridized carbons (Fsp3) is 0.278. The van der Waals surface area contributed by atoms with E-state index in [0.29, 0.717) is 22.7 Å². The number of aliphatic hydroxyl groups is 1. The first-order valence-electron chi connectivity index (χ1n) is 14.7. The minimum atomic E-state index is -1.27. The minimum Gasteiger partial charge on any atom is -0.480 e. The van der Waals surface area contributed by atoms with Gasteiger partial charge in [0.15, 0.2) is 0 Å². The Morgan fingerprint density at radius 2 is 1.49 bits per heavy atom. The number of carbonyl (C=O) groups excluding carboxylic acids is 1. The average molecular weight is 595 g/mol. The second-order valence-electron chi connectivity index (χ2n) is 12.0. The van der Waals surface area contributed by atoms with E-state index in [4.69, 9.17) is 11.6 Å². The van der Waals surface area contributed by atoms with Gasteiger partial charge in [0.05, 0.1) is 12.1 Å². The summed E-state index contributed by atoms with van der Waals surface area (Å²) >= 11 is 6.40. The number of fused-ring (bicyclic) bond motifs is 2. The zero-order valence-electron chi connectivity index (χ0n) is 24.1. The van der Waals surface area contributed by atoms with Gasteiger partial charge in [-0.05, 0) is 46.7 Å². The highest BCUT2D eigenvalue weighted by atomic mass is 35.5. The van der Waals surface area contributed by atoms with Gasteiger partial charge in [0.1, 0.15) is 11.5 Å². The molecule has 0 aliphatic carbocycles. The van der Waals surface area contributed by atoms with Gasteiger partial charge in [-0.1, -0.05) is 123 Å². The number of benzene rings is 4. The third-order valence-corrected chi connectivity index (χ3v) is 9.31. The molecule has 2 aliphatic heterocycles. The maximum Gasteiger partial charge on any atom is 0.321 e. The van der Waals surface area contributed by atoms with Crippen LogP contribution in [0.25, 0.3) is 0 Å². The predicted molar refractivity (Wildman–Crippen MR) is 168 cm³/mol. The van der Waals surface area contributed by atoms with E-state index in [2.05, 4.69) is 19.2 Å². The average Bonchev–Trinajstić information content (AvgIpc) is 3.45. The highest BCUT2D eigenvalue weighted by Crippen LogP contribution is 2.61. The third-order valence-electron chi connectivity index (χ3n) is 9.07. The van der Waals surface area contributed by atoms with E-state index >= 15 is 0 Å². The number of aliphatic hydroxyl groups excluding tert-OH is 1. The molecule has 7 heteroatoms. The SMILES string of the molecule is CC(C)CC1N(C(c2ccccc2)C(O)c2ccccc2)C(C(=O)O)C(c2ccccc2)C12C(=O)Nc1cc(Cl)ccc12. The zero-order valence-corrected chi connectivity index (χ0v) is 24.9. The largest absolute Gasteiger partial charge is 0.480 e. The van der Waals surface area contributed by atoms with Crippen LogP contribution in [0, 0.1) is 5.92 Å².